The molecule has 0 fully saturated rings. The third-order valence-corrected chi connectivity index (χ3v) is 0.863. The molecule has 0 aliphatic rings. The Bertz CT molecular complexity index is 134. The van der Waals surface area contributed by atoms with Crippen molar-refractivity contribution in [1.82, 2.24) is 0 Å². The van der Waals surface area contributed by atoms with Crippen molar-refractivity contribution in [1.29, 1.82) is 0 Å². The first-order valence-corrected chi connectivity index (χ1v) is 2.32. The molecule has 0 N–H and O–H groups in total. The van der Waals surface area contributed by atoms with E-state index in [0.717, 1.165) is 0 Å². The van der Waals surface area contributed by atoms with Gasteiger partial charge in [0.05, 0.1) is 0 Å². The second-order valence-corrected chi connectivity index (χ2v) is 1.58. The SMILES string of the molecule is Cc1c[c-]ccc1.[CH3-].[Mg+2]. The van der Waals surface area contributed by atoms with Crippen LogP contribution in [0.1, 0.15) is 5.56 Å². The van der Waals surface area contributed by atoms with Crippen LogP contribution in [-0.2, 0) is 0 Å². The van der Waals surface area contributed by atoms with Crippen molar-refractivity contribution in [2.75, 3.05) is 0 Å². The maximum atomic E-state index is 2.96. The van der Waals surface area contributed by atoms with E-state index in [0.29, 0.717) is 0 Å². The fourth-order valence-electron chi connectivity index (χ4n) is 0.483. The summed E-state index contributed by atoms with van der Waals surface area (Å²) in [7, 11) is 0. The van der Waals surface area contributed by atoms with Crippen molar-refractivity contribution >= 4 is 23.1 Å². The quantitative estimate of drug-likeness (QED) is 0.372. The molecule has 0 radical (unpaired) electrons. The Kier molecular flexibility index (Phi) is 7.97. The molecule has 1 aromatic carbocycles. The van der Waals surface area contributed by atoms with E-state index in [1.54, 1.807) is 0 Å². The van der Waals surface area contributed by atoms with Crippen molar-refractivity contribution in [2.24, 2.45) is 0 Å². The minimum absolute atomic E-state index is 0. The van der Waals surface area contributed by atoms with E-state index in [2.05, 4.69) is 19.1 Å². The van der Waals surface area contributed by atoms with Gasteiger partial charge in [-0.1, -0.05) is 6.92 Å². The molecular weight excluding hydrogens is 120 g/mol. The summed E-state index contributed by atoms with van der Waals surface area (Å²) in [5.74, 6) is 0. The molecule has 1 rings (SSSR count). The van der Waals surface area contributed by atoms with Gasteiger partial charge in [-0.15, -0.1) is 0 Å². The summed E-state index contributed by atoms with van der Waals surface area (Å²) in [4.78, 5) is 0. The third-order valence-electron chi connectivity index (χ3n) is 0.863. The van der Waals surface area contributed by atoms with E-state index in [4.69, 9.17) is 0 Å². The zero-order valence-electron chi connectivity index (χ0n) is 6.02. The molecule has 0 heterocycles. The van der Waals surface area contributed by atoms with Gasteiger partial charge < -0.3 is 7.43 Å². The molecule has 0 saturated heterocycles. The van der Waals surface area contributed by atoms with Crippen molar-refractivity contribution in [3.05, 3.63) is 43.3 Å². The molecule has 9 heavy (non-hydrogen) atoms. The van der Waals surface area contributed by atoms with Crippen molar-refractivity contribution in [2.45, 2.75) is 6.92 Å². The fourth-order valence-corrected chi connectivity index (χ4v) is 0.483. The Morgan fingerprint density at radius 3 is 2.33 bits per heavy atom. The molecule has 1 aromatic rings. The maximum absolute atomic E-state index is 2.96. The summed E-state index contributed by atoms with van der Waals surface area (Å²) in [6, 6.07) is 10.8. The van der Waals surface area contributed by atoms with Crippen LogP contribution in [0.15, 0.2) is 24.3 Å². The first-order chi connectivity index (χ1) is 3.39. The number of aryl methyl sites for hydroxylation is 1. The Hall–Kier alpha value is -0.0138. The first kappa shape index (κ1) is 11.7. The number of hydrogen-bond acceptors (Lipinski definition) is 0. The molecule has 0 spiro atoms. The summed E-state index contributed by atoms with van der Waals surface area (Å²) < 4.78 is 0. The van der Waals surface area contributed by atoms with Gasteiger partial charge in [-0.3, -0.25) is 0 Å². The van der Waals surface area contributed by atoms with Crippen LogP contribution in [-0.4, -0.2) is 23.1 Å². The number of benzene rings is 1. The number of rotatable bonds is 0. The van der Waals surface area contributed by atoms with Crippen molar-refractivity contribution in [3.63, 3.8) is 0 Å². The van der Waals surface area contributed by atoms with E-state index in [1.165, 1.54) is 5.56 Å². The van der Waals surface area contributed by atoms with Gasteiger partial charge in [0.1, 0.15) is 0 Å². The second kappa shape index (κ2) is 6.11. The molecule has 44 valence electrons. The predicted octanol–water partition coefficient (Wildman–Crippen LogP) is 1.86. The molecule has 0 bridgehead atoms. The molecule has 0 aromatic heterocycles. The monoisotopic (exact) mass is 130 g/mol. The van der Waals surface area contributed by atoms with Crippen LogP contribution in [0.5, 0.6) is 0 Å². The fraction of sp³-hybridized carbons (Fsp3) is 0.125. The average molecular weight is 130 g/mol. The van der Waals surface area contributed by atoms with Crippen LogP contribution < -0.4 is 0 Å². The van der Waals surface area contributed by atoms with E-state index in [9.17, 15) is 0 Å². The topological polar surface area (TPSA) is 0 Å². The van der Waals surface area contributed by atoms with Crippen LogP contribution in [0.2, 0.25) is 0 Å². The van der Waals surface area contributed by atoms with Gasteiger partial charge in [-0.2, -0.15) is 35.9 Å². The van der Waals surface area contributed by atoms with Crippen LogP contribution in [0.4, 0.5) is 0 Å². The Labute approximate surface area is 73.4 Å². The van der Waals surface area contributed by atoms with Crippen LogP contribution in [0, 0.1) is 20.4 Å². The largest absolute Gasteiger partial charge is 2.00 e. The molecular formula is C8H10Mg. The smallest absolute Gasteiger partial charge is 0.358 e. The predicted molar refractivity (Wildman–Crippen MR) is 42.2 cm³/mol. The Balaban J connectivity index is 0. The van der Waals surface area contributed by atoms with Crippen molar-refractivity contribution in [3.8, 4) is 0 Å². The van der Waals surface area contributed by atoms with Crippen LogP contribution >= 0.6 is 0 Å². The molecule has 1 heteroatoms. The normalized spacial score (nSPS) is 6.78. The van der Waals surface area contributed by atoms with Crippen molar-refractivity contribution < 1.29 is 0 Å². The molecule has 0 unspecified atom stereocenters. The van der Waals surface area contributed by atoms with Gasteiger partial charge >= 0.3 is 23.1 Å². The molecule has 0 aliphatic carbocycles. The summed E-state index contributed by atoms with van der Waals surface area (Å²) in [5.41, 5.74) is 1.27. The number of hydrogen-bond donors (Lipinski definition) is 0. The van der Waals surface area contributed by atoms with Crippen LogP contribution in [0.3, 0.4) is 0 Å². The molecule has 0 aliphatic heterocycles. The van der Waals surface area contributed by atoms with E-state index < -0.39 is 0 Å². The summed E-state index contributed by atoms with van der Waals surface area (Å²) >= 11 is 0. The maximum Gasteiger partial charge on any atom is 2.00 e. The third kappa shape index (κ3) is 4.49. The minimum Gasteiger partial charge on any atom is -0.358 e. The zero-order chi connectivity index (χ0) is 5.11. The van der Waals surface area contributed by atoms with Gasteiger partial charge in [0, 0.05) is 0 Å². The minimum atomic E-state index is 0. The van der Waals surface area contributed by atoms with Gasteiger partial charge in [0.2, 0.25) is 0 Å². The Morgan fingerprint density at radius 1 is 1.44 bits per heavy atom. The Morgan fingerprint density at radius 2 is 2.11 bits per heavy atom. The first-order valence-electron chi connectivity index (χ1n) is 2.32. The summed E-state index contributed by atoms with van der Waals surface area (Å²) in [5, 5.41) is 0. The molecule has 0 nitrogen and oxygen atoms in total. The van der Waals surface area contributed by atoms with Gasteiger partial charge in [-0.05, 0) is 0 Å². The van der Waals surface area contributed by atoms with Gasteiger partial charge in [-0.25, -0.2) is 0 Å². The molecule has 0 saturated carbocycles. The second-order valence-electron chi connectivity index (χ2n) is 1.58. The van der Waals surface area contributed by atoms with Gasteiger partial charge in [0.25, 0.3) is 0 Å². The van der Waals surface area contributed by atoms with E-state index >= 15 is 0 Å². The van der Waals surface area contributed by atoms with E-state index in [-0.39, 0.29) is 30.5 Å². The van der Waals surface area contributed by atoms with Gasteiger partial charge in [0.15, 0.2) is 0 Å². The zero-order valence-corrected chi connectivity index (χ0v) is 7.43. The van der Waals surface area contributed by atoms with E-state index in [1.807, 2.05) is 18.2 Å². The molecule has 0 amide bonds. The standard InChI is InChI=1S/C7H7.CH3.Mg/c1-7-5-3-2-4-6-7;;/h2-3,5-6H,1H3;1H3;/q2*-1;+2. The summed E-state index contributed by atoms with van der Waals surface area (Å²) in [6.07, 6.45) is 0. The van der Waals surface area contributed by atoms with Crippen LogP contribution in [0.25, 0.3) is 0 Å². The summed E-state index contributed by atoms with van der Waals surface area (Å²) in [6.45, 7) is 2.05. The average Bonchev–Trinajstić information content (AvgIpc) is 1.69. The molecule has 0 atom stereocenters.